The van der Waals surface area contributed by atoms with Crippen molar-refractivity contribution in [3.05, 3.63) is 24.2 Å². The molecule has 0 aliphatic carbocycles. The van der Waals surface area contributed by atoms with Crippen LogP contribution in [-0.4, -0.2) is 10.7 Å². The molecule has 0 aromatic carbocycles. The lowest BCUT2D eigenvalue weighted by Crippen LogP contribution is -2.30. The normalized spacial score (nSPS) is 12.4. The summed E-state index contributed by atoms with van der Waals surface area (Å²) < 4.78 is 5.11. The second kappa shape index (κ2) is 6.67. The molecule has 1 N–H and O–H groups in total. The van der Waals surface area contributed by atoms with Gasteiger partial charge in [0.15, 0.2) is 0 Å². The highest BCUT2D eigenvalue weighted by Gasteiger charge is 2.13. The van der Waals surface area contributed by atoms with Crippen LogP contribution in [0.15, 0.2) is 22.8 Å². The Balaban J connectivity index is 2.23. The van der Waals surface area contributed by atoms with Crippen LogP contribution < -0.4 is 5.32 Å². The van der Waals surface area contributed by atoms with Crippen molar-refractivity contribution in [3.8, 4) is 0 Å². The summed E-state index contributed by atoms with van der Waals surface area (Å²) in [7, 11) is 0. The van der Waals surface area contributed by atoms with Gasteiger partial charge in [-0.15, -0.1) is 0 Å². The number of furan rings is 1. The Labute approximate surface area is 98.4 Å². The van der Waals surface area contributed by atoms with Crippen LogP contribution in [0.3, 0.4) is 0 Å². The molecule has 0 saturated carbocycles. The van der Waals surface area contributed by atoms with Crippen LogP contribution in [0.4, 0.5) is 0 Å². The Hall–Kier alpha value is -0.770. The average Bonchev–Trinajstić information content (AvgIpc) is 2.75. The number of hydrogen-bond acceptors (Lipinski definition) is 2. The van der Waals surface area contributed by atoms with E-state index in [4.69, 9.17) is 4.42 Å². The zero-order valence-electron chi connectivity index (χ0n) is 8.83. The molecule has 0 fully saturated rings. The molecule has 4 heteroatoms. The summed E-state index contributed by atoms with van der Waals surface area (Å²) in [4.78, 5) is 11.5. The molecule has 15 heavy (non-hydrogen) atoms. The Morgan fingerprint density at radius 3 is 3.07 bits per heavy atom. The van der Waals surface area contributed by atoms with Gasteiger partial charge in [0.2, 0.25) is 5.91 Å². The third-order valence-electron chi connectivity index (χ3n) is 2.11. The number of nitrogens with one attached hydrogen (secondary N) is 1. The first-order valence-electron chi connectivity index (χ1n) is 5.18. The molecule has 0 saturated heterocycles. The highest BCUT2D eigenvalue weighted by molar-refractivity contribution is 9.10. The lowest BCUT2D eigenvalue weighted by atomic mass is 10.2. The minimum atomic E-state index is -0.0904. The van der Waals surface area contributed by atoms with E-state index in [1.807, 2.05) is 12.1 Å². The van der Waals surface area contributed by atoms with Gasteiger partial charge >= 0.3 is 0 Å². The molecule has 1 rings (SSSR count). The SMILES string of the molecule is CCCCC(Br)C(=O)NCc1ccco1. The van der Waals surface area contributed by atoms with E-state index in [9.17, 15) is 4.79 Å². The fourth-order valence-electron chi connectivity index (χ4n) is 1.21. The Morgan fingerprint density at radius 1 is 1.67 bits per heavy atom. The molecule has 0 aliphatic heterocycles. The van der Waals surface area contributed by atoms with Crippen LogP contribution >= 0.6 is 15.9 Å². The van der Waals surface area contributed by atoms with Crippen molar-refractivity contribution in [1.29, 1.82) is 0 Å². The minimum absolute atomic E-state index is 0.0276. The maximum absolute atomic E-state index is 11.5. The molecule has 1 amide bonds. The topological polar surface area (TPSA) is 42.2 Å². The molecule has 1 atom stereocenters. The monoisotopic (exact) mass is 273 g/mol. The van der Waals surface area contributed by atoms with Crippen molar-refractivity contribution in [3.63, 3.8) is 0 Å². The molecule has 1 unspecified atom stereocenters. The lowest BCUT2D eigenvalue weighted by molar-refractivity contribution is -0.120. The van der Waals surface area contributed by atoms with E-state index in [2.05, 4.69) is 28.2 Å². The number of halogens is 1. The summed E-state index contributed by atoms with van der Waals surface area (Å²) in [5.74, 6) is 0.804. The standard InChI is InChI=1S/C11H16BrNO2/c1-2-3-6-10(12)11(14)13-8-9-5-4-7-15-9/h4-5,7,10H,2-3,6,8H2,1H3,(H,13,14). The fraction of sp³-hybridized carbons (Fsp3) is 0.545. The molecule has 0 radical (unpaired) electrons. The van der Waals surface area contributed by atoms with Crippen LogP contribution in [0.1, 0.15) is 31.9 Å². The van der Waals surface area contributed by atoms with E-state index < -0.39 is 0 Å². The van der Waals surface area contributed by atoms with Gasteiger partial charge in [0.25, 0.3) is 0 Å². The molecule has 0 bridgehead atoms. The van der Waals surface area contributed by atoms with E-state index in [1.165, 1.54) is 0 Å². The van der Waals surface area contributed by atoms with Crippen molar-refractivity contribution in [1.82, 2.24) is 5.32 Å². The largest absolute Gasteiger partial charge is 0.467 e. The predicted molar refractivity (Wildman–Crippen MR) is 62.8 cm³/mol. The van der Waals surface area contributed by atoms with Crippen LogP contribution in [0.25, 0.3) is 0 Å². The zero-order chi connectivity index (χ0) is 11.1. The van der Waals surface area contributed by atoms with Gasteiger partial charge < -0.3 is 9.73 Å². The van der Waals surface area contributed by atoms with E-state index in [0.29, 0.717) is 6.54 Å². The molecule has 0 aliphatic rings. The first-order chi connectivity index (χ1) is 7.24. The van der Waals surface area contributed by atoms with Gasteiger partial charge in [-0.25, -0.2) is 0 Å². The van der Waals surface area contributed by atoms with Gasteiger partial charge in [0, 0.05) is 0 Å². The zero-order valence-corrected chi connectivity index (χ0v) is 10.4. The van der Waals surface area contributed by atoms with Crippen molar-refractivity contribution in [2.24, 2.45) is 0 Å². The van der Waals surface area contributed by atoms with E-state index in [1.54, 1.807) is 6.26 Å². The summed E-state index contributed by atoms with van der Waals surface area (Å²) in [6.07, 6.45) is 4.64. The summed E-state index contributed by atoms with van der Waals surface area (Å²) in [5.41, 5.74) is 0. The number of hydrogen-bond donors (Lipinski definition) is 1. The molecule has 84 valence electrons. The highest BCUT2D eigenvalue weighted by atomic mass is 79.9. The van der Waals surface area contributed by atoms with Crippen LogP contribution in [0.5, 0.6) is 0 Å². The number of carbonyl (C=O) groups is 1. The van der Waals surface area contributed by atoms with E-state index in [0.717, 1.165) is 25.0 Å². The van der Waals surface area contributed by atoms with Gasteiger partial charge in [-0.2, -0.15) is 0 Å². The van der Waals surface area contributed by atoms with Crippen molar-refractivity contribution in [2.45, 2.75) is 37.6 Å². The van der Waals surface area contributed by atoms with Gasteiger partial charge in [0.05, 0.1) is 17.6 Å². The number of amides is 1. The third kappa shape index (κ3) is 4.51. The maximum Gasteiger partial charge on any atom is 0.234 e. The molecule has 1 heterocycles. The van der Waals surface area contributed by atoms with Gasteiger partial charge in [0.1, 0.15) is 5.76 Å². The molecular formula is C11H16BrNO2. The van der Waals surface area contributed by atoms with Crippen LogP contribution in [0, 0.1) is 0 Å². The number of alkyl halides is 1. The second-order valence-electron chi connectivity index (χ2n) is 3.41. The first kappa shape index (κ1) is 12.3. The van der Waals surface area contributed by atoms with Crippen LogP contribution in [0.2, 0.25) is 0 Å². The third-order valence-corrected chi connectivity index (χ3v) is 2.99. The summed E-state index contributed by atoms with van der Waals surface area (Å²) in [6.45, 7) is 2.57. The van der Waals surface area contributed by atoms with Gasteiger partial charge in [-0.05, 0) is 18.6 Å². The maximum atomic E-state index is 11.5. The number of carbonyl (C=O) groups excluding carboxylic acids is 1. The molecule has 3 nitrogen and oxygen atoms in total. The fourth-order valence-corrected chi connectivity index (χ4v) is 1.70. The van der Waals surface area contributed by atoms with E-state index >= 15 is 0 Å². The summed E-state index contributed by atoms with van der Waals surface area (Å²) in [5, 5.41) is 2.81. The second-order valence-corrected chi connectivity index (χ2v) is 4.51. The van der Waals surface area contributed by atoms with Gasteiger partial charge in [-0.1, -0.05) is 35.7 Å². The minimum Gasteiger partial charge on any atom is -0.467 e. The van der Waals surface area contributed by atoms with Crippen LogP contribution in [-0.2, 0) is 11.3 Å². The van der Waals surface area contributed by atoms with Gasteiger partial charge in [-0.3, -0.25) is 4.79 Å². The highest BCUT2D eigenvalue weighted by Crippen LogP contribution is 2.10. The Bertz CT molecular complexity index is 285. The first-order valence-corrected chi connectivity index (χ1v) is 6.09. The van der Waals surface area contributed by atoms with Crippen molar-refractivity contribution >= 4 is 21.8 Å². The smallest absolute Gasteiger partial charge is 0.234 e. The molecule has 0 spiro atoms. The number of unbranched alkanes of at least 4 members (excludes halogenated alkanes) is 1. The predicted octanol–water partition coefficient (Wildman–Crippen LogP) is 2.85. The molecular weight excluding hydrogens is 258 g/mol. The summed E-state index contributed by atoms with van der Waals surface area (Å²) >= 11 is 3.37. The van der Waals surface area contributed by atoms with E-state index in [-0.39, 0.29) is 10.7 Å². The Morgan fingerprint density at radius 2 is 2.47 bits per heavy atom. The quantitative estimate of drug-likeness (QED) is 0.810. The molecule has 1 aromatic heterocycles. The summed E-state index contributed by atoms with van der Waals surface area (Å²) in [6, 6.07) is 3.65. The van der Waals surface area contributed by atoms with Crippen molar-refractivity contribution < 1.29 is 9.21 Å². The molecule has 1 aromatic rings. The Kier molecular flexibility index (Phi) is 5.47. The average molecular weight is 274 g/mol. The lowest BCUT2D eigenvalue weighted by Gasteiger charge is -2.08. The van der Waals surface area contributed by atoms with Crippen molar-refractivity contribution in [2.75, 3.05) is 0 Å². The number of rotatable bonds is 6.